The lowest BCUT2D eigenvalue weighted by Gasteiger charge is -2.15. The molecule has 0 aliphatic heterocycles. The summed E-state index contributed by atoms with van der Waals surface area (Å²) < 4.78 is 6.65. The molecular weight excluding hydrogens is 416 g/mol. The molecule has 1 amide bonds. The van der Waals surface area contributed by atoms with Crippen molar-refractivity contribution in [1.29, 1.82) is 5.26 Å². The van der Waals surface area contributed by atoms with Gasteiger partial charge in [0.05, 0.1) is 11.6 Å². The first-order chi connectivity index (χ1) is 15.9. The zero-order valence-electron chi connectivity index (χ0n) is 18.2. The molecule has 0 fully saturated rings. The van der Waals surface area contributed by atoms with Crippen LogP contribution in [0.15, 0.2) is 82.0 Å². The van der Waals surface area contributed by atoms with Crippen LogP contribution in [0.2, 0.25) is 0 Å². The summed E-state index contributed by atoms with van der Waals surface area (Å²) in [5.41, 5.74) is 11.1. The van der Waals surface area contributed by atoms with Crippen LogP contribution in [-0.4, -0.2) is 16.5 Å². The van der Waals surface area contributed by atoms with Gasteiger partial charge in [-0.3, -0.25) is 9.36 Å². The fourth-order valence-corrected chi connectivity index (χ4v) is 3.78. The highest BCUT2D eigenvalue weighted by atomic mass is 16.4. The summed E-state index contributed by atoms with van der Waals surface area (Å²) in [5.74, 6) is -0.652. The van der Waals surface area contributed by atoms with Crippen molar-refractivity contribution in [2.45, 2.75) is 24.9 Å². The number of fused-ring (bicyclic) bond motifs is 1. The molecule has 0 saturated heterocycles. The second-order valence-corrected chi connectivity index (χ2v) is 7.98. The molecule has 0 bridgehead atoms. The number of carbonyl (C=O) groups excluding carboxylic acids is 1. The number of aryl methyl sites for hydroxylation is 1. The Labute approximate surface area is 191 Å². The van der Waals surface area contributed by atoms with E-state index in [4.69, 9.17) is 10.2 Å². The smallest absolute Gasteiger partial charge is 0.408 e. The van der Waals surface area contributed by atoms with Crippen molar-refractivity contribution >= 4 is 17.0 Å². The highest BCUT2D eigenvalue weighted by Gasteiger charge is 2.16. The Morgan fingerprint density at radius 3 is 2.48 bits per heavy atom. The second kappa shape index (κ2) is 9.55. The fourth-order valence-electron chi connectivity index (χ4n) is 3.78. The maximum absolute atomic E-state index is 12.4. The van der Waals surface area contributed by atoms with Crippen molar-refractivity contribution in [3.8, 4) is 17.2 Å². The molecule has 0 aliphatic carbocycles. The molecule has 1 heterocycles. The summed E-state index contributed by atoms with van der Waals surface area (Å²) in [6.07, 6.45) is 0.498. The molecule has 4 rings (SSSR count). The number of hydrogen-bond acceptors (Lipinski definition) is 5. The number of hydrogen-bond donors (Lipinski definition) is 2. The highest BCUT2D eigenvalue weighted by Crippen LogP contribution is 2.24. The number of amides is 1. The maximum atomic E-state index is 12.4. The molecule has 7 nitrogen and oxygen atoms in total. The second-order valence-electron chi connectivity index (χ2n) is 7.98. The van der Waals surface area contributed by atoms with Crippen LogP contribution in [0.4, 0.5) is 0 Å². The first kappa shape index (κ1) is 22.1. The number of nitriles is 1. The van der Waals surface area contributed by atoms with Crippen LogP contribution < -0.4 is 16.8 Å². The summed E-state index contributed by atoms with van der Waals surface area (Å²) in [7, 11) is 1.67. The molecule has 1 aromatic heterocycles. The van der Waals surface area contributed by atoms with E-state index in [1.165, 1.54) is 4.57 Å². The Morgan fingerprint density at radius 2 is 1.79 bits per heavy atom. The van der Waals surface area contributed by atoms with E-state index in [2.05, 4.69) is 11.4 Å². The average Bonchev–Trinajstić information content (AvgIpc) is 3.12. The quantitative estimate of drug-likeness (QED) is 0.457. The van der Waals surface area contributed by atoms with Crippen LogP contribution in [0.1, 0.15) is 23.6 Å². The lowest BCUT2D eigenvalue weighted by atomic mass is 10.00. The first-order valence-corrected chi connectivity index (χ1v) is 10.6. The fraction of sp³-hybridized carbons (Fsp3) is 0.192. The summed E-state index contributed by atoms with van der Waals surface area (Å²) in [4.78, 5) is 24.1. The van der Waals surface area contributed by atoms with Gasteiger partial charge >= 0.3 is 5.76 Å². The van der Waals surface area contributed by atoms with Crippen molar-refractivity contribution in [2.24, 2.45) is 12.8 Å². The van der Waals surface area contributed by atoms with Gasteiger partial charge in [0.2, 0.25) is 5.91 Å². The molecule has 2 atom stereocenters. The molecule has 0 spiro atoms. The van der Waals surface area contributed by atoms with Crippen LogP contribution in [0.5, 0.6) is 0 Å². The SMILES string of the molecule is Cn1c(=O)oc2ccc(-c3ccc(C[C@@H](C#N)NC(=O)CC(N)c4ccccc4)cc3)cc21. The Kier molecular flexibility index (Phi) is 6.38. The van der Waals surface area contributed by atoms with Crippen molar-refractivity contribution < 1.29 is 9.21 Å². The molecule has 33 heavy (non-hydrogen) atoms. The van der Waals surface area contributed by atoms with E-state index >= 15 is 0 Å². The molecule has 0 saturated carbocycles. The van der Waals surface area contributed by atoms with Crippen molar-refractivity contribution in [3.05, 3.63) is 94.5 Å². The molecule has 0 aliphatic rings. The summed E-state index contributed by atoms with van der Waals surface area (Å²) >= 11 is 0. The van der Waals surface area contributed by atoms with E-state index in [-0.39, 0.29) is 12.3 Å². The number of carbonyl (C=O) groups is 1. The summed E-state index contributed by atoms with van der Waals surface area (Å²) in [6.45, 7) is 0. The van der Waals surface area contributed by atoms with Gasteiger partial charge in [0.15, 0.2) is 5.58 Å². The Bertz CT molecular complexity index is 1360. The highest BCUT2D eigenvalue weighted by molar-refractivity contribution is 5.80. The number of nitrogens with one attached hydrogen (secondary N) is 1. The lowest BCUT2D eigenvalue weighted by Crippen LogP contribution is -2.36. The summed E-state index contributed by atoms with van der Waals surface area (Å²) in [5, 5.41) is 12.3. The zero-order valence-corrected chi connectivity index (χ0v) is 18.2. The van der Waals surface area contributed by atoms with E-state index in [9.17, 15) is 14.9 Å². The van der Waals surface area contributed by atoms with Gasteiger partial charge in [-0.25, -0.2) is 4.79 Å². The monoisotopic (exact) mass is 440 g/mol. The Balaban J connectivity index is 1.40. The maximum Gasteiger partial charge on any atom is 0.419 e. The zero-order chi connectivity index (χ0) is 23.4. The average molecular weight is 441 g/mol. The van der Waals surface area contributed by atoms with E-state index in [0.717, 1.165) is 27.8 Å². The number of nitrogens with zero attached hydrogens (tertiary/aromatic N) is 2. The van der Waals surface area contributed by atoms with E-state index < -0.39 is 17.8 Å². The number of nitrogens with two attached hydrogens (primary N) is 1. The van der Waals surface area contributed by atoms with Crippen LogP contribution in [-0.2, 0) is 18.3 Å². The molecule has 0 radical (unpaired) electrons. The standard InChI is InChI=1S/C26H24N4O3/c1-30-23-14-20(11-12-24(23)33-26(30)32)18-9-7-17(8-10-18)13-21(16-27)29-25(31)15-22(28)19-5-3-2-4-6-19/h2-12,14,21-22H,13,15,28H2,1H3,(H,29,31)/t21-,22?/m0/s1. The van der Waals surface area contributed by atoms with Crippen molar-refractivity contribution in [1.82, 2.24) is 9.88 Å². The van der Waals surface area contributed by atoms with Crippen molar-refractivity contribution in [3.63, 3.8) is 0 Å². The molecule has 7 heteroatoms. The van der Waals surface area contributed by atoms with Gasteiger partial charge in [0.25, 0.3) is 0 Å². The van der Waals surface area contributed by atoms with Gasteiger partial charge in [0.1, 0.15) is 6.04 Å². The number of rotatable bonds is 7. The van der Waals surface area contributed by atoms with Crippen molar-refractivity contribution in [2.75, 3.05) is 0 Å². The molecule has 3 N–H and O–H groups in total. The van der Waals surface area contributed by atoms with Gasteiger partial charge in [0, 0.05) is 25.9 Å². The van der Waals surface area contributed by atoms with E-state index in [1.54, 1.807) is 13.1 Å². The van der Waals surface area contributed by atoms with Gasteiger partial charge in [-0.15, -0.1) is 0 Å². The van der Waals surface area contributed by atoms with Crippen LogP contribution in [0.25, 0.3) is 22.2 Å². The molecule has 1 unspecified atom stereocenters. The predicted octanol–water partition coefficient (Wildman–Crippen LogP) is 3.44. The topological polar surface area (TPSA) is 114 Å². The predicted molar refractivity (Wildman–Crippen MR) is 126 cm³/mol. The largest absolute Gasteiger partial charge is 0.419 e. The van der Waals surface area contributed by atoms with Gasteiger partial charge < -0.3 is 15.5 Å². The van der Waals surface area contributed by atoms with E-state index in [1.807, 2.05) is 66.7 Å². The van der Waals surface area contributed by atoms with Crippen LogP contribution in [0, 0.1) is 11.3 Å². The number of oxazole rings is 1. The van der Waals surface area contributed by atoms with Crippen LogP contribution in [0.3, 0.4) is 0 Å². The normalized spacial score (nSPS) is 12.8. The lowest BCUT2D eigenvalue weighted by molar-refractivity contribution is -0.121. The summed E-state index contributed by atoms with van der Waals surface area (Å²) in [6, 6.07) is 23.8. The Hall–Kier alpha value is -4.15. The van der Waals surface area contributed by atoms with E-state index in [0.29, 0.717) is 12.0 Å². The number of aromatic nitrogens is 1. The minimum atomic E-state index is -0.650. The third-order valence-electron chi connectivity index (χ3n) is 5.64. The van der Waals surface area contributed by atoms with Gasteiger partial charge in [-0.2, -0.15) is 5.26 Å². The molecule has 4 aromatic rings. The first-order valence-electron chi connectivity index (χ1n) is 10.6. The van der Waals surface area contributed by atoms with Gasteiger partial charge in [-0.1, -0.05) is 60.7 Å². The third kappa shape index (κ3) is 5.03. The molecule has 166 valence electrons. The van der Waals surface area contributed by atoms with Gasteiger partial charge in [-0.05, 0) is 34.4 Å². The minimum Gasteiger partial charge on any atom is -0.408 e. The molecular formula is C26H24N4O3. The van der Waals surface area contributed by atoms with Crippen LogP contribution >= 0.6 is 0 Å². The molecule has 3 aromatic carbocycles. The third-order valence-corrected chi connectivity index (χ3v) is 5.64. The Morgan fingerprint density at radius 1 is 1.09 bits per heavy atom. The number of benzene rings is 3. The minimum absolute atomic E-state index is 0.111.